The van der Waals surface area contributed by atoms with E-state index in [-0.39, 0.29) is 0 Å². The number of fused-ring (bicyclic) bond motifs is 1. The van der Waals surface area contributed by atoms with E-state index in [9.17, 15) is 0 Å². The molecule has 1 heterocycles. The SMILES string of the molecule is CCC1(CNCc2cncc3ccccc23)CC1. The Kier molecular flexibility index (Phi) is 3.04. The lowest BCUT2D eigenvalue weighted by Gasteiger charge is -2.14. The maximum Gasteiger partial charge on any atom is 0.0346 e. The molecule has 1 N–H and O–H groups in total. The first-order valence-electron chi connectivity index (χ1n) is 6.85. The molecule has 0 atom stereocenters. The number of pyridine rings is 1. The van der Waals surface area contributed by atoms with Crippen molar-refractivity contribution in [2.24, 2.45) is 5.41 Å². The summed E-state index contributed by atoms with van der Waals surface area (Å²) < 4.78 is 0. The topological polar surface area (TPSA) is 24.9 Å². The summed E-state index contributed by atoms with van der Waals surface area (Å²) in [7, 11) is 0. The van der Waals surface area contributed by atoms with Gasteiger partial charge in [0.25, 0.3) is 0 Å². The van der Waals surface area contributed by atoms with Crippen LogP contribution in [-0.2, 0) is 6.54 Å². The van der Waals surface area contributed by atoms with Crippen LogP contribution in [0.3, 0.4) is 0 Å². The van der Waals surface area contributed by atoms with Crippen LogP contribution in [0.2, 0.25) is 0 Å². The normalized spacial score (nSPS) is 16.9. The minimum Gasteiger partial charge on any atom is -0.312 e. The van der Waals surface area contributed by atoms with Crippen molar-refractivity contribution in [3.05, 3.63) is 42.2 Å². The second-order valence-corrected chi connectivity index (χ2v) is 5.48. The van der Waals surface area contributed by atoms with Crippen molar-refractivity contribution >= 4 is 10.8 Å². The molecular weight excluding hydrogens is 220 g/mol. The predicted octanol–water partition coefficient (Wildman–Crippen LogP) is 3.51. The molecule has 2 aromatic rings. The van der Waals surface area contributed by atoms with E-state index in [4.69, 9.17) is 0 Å². The number of nitrogens with zero attached hydrogens (tertiary/aromatic N) is 1. The van der Waals surface area contributed by atoms with Gasteiger partial charge >= 0.3 is 0 Å². The summed E-state index contributed by atoms with van der Waals surface area (Å²) in [5.41, 5.74) is 1.91. The molecule has 94 valence electrons. The van der Waals surface area contributed by atoms with E-state index < -0.39 is 0 Å². The lowest BCUT2D eigenvalue weighted by molar-refractivity contribution is 0.444. The van der Waals surface area contributed by atoms with Gasteiger partial charge in [-0.25, -0.2) is 0 Å². The van der Waals surface area contributed by atoms with E-state index in [1.165, 1.54) is 35.6 Å². The van der Waals surface area contributed by atoms with Crippen LogP contribution in [0.25, 0.3) is 10.8 Å². The molecule has 1 fully saturated rings. The first kappa shape index (κ1) is 11.7. The highest BCUT2D eigenvalue weighted by Crippen LogP contribution is 2.47. The molecule has 0 unspecified atom stereocenters. The van der Waals surface area contributed by atoms with Crippen LogP contribution in [0.1, 0.15) is 31.7 Å². The number of aromatic nitrogens is 1. The van der Waals surface area contributed by atoms with E-state index in [0.717, 1.165) is 13.1 Å². The molecule has 1 aliphatic rings. The molecule has 3 rings (SSSR count). The highest BCUT2D eigenvalue weighted by atomic mass is 14.9. The summed E-state index contributed by atoms with van der Waals surface area (Å²) in [4.78, 5) is 4.32. The Morgan fingerprint density at radius 2 is 2.06 bits per heavy atom. The van der Waals surface area contributed by atoms with Crippen molar-refractivity contribution in [2.75, 3.05) is 6.54 Å². The summed E-state index contributed by atoms with van der Waals surface area (Å²) in [5, 5.41) is 6.16. The molecule has 0 amide bonds. The zero-order valence-corrected chi connectivity index (χ0v) is 10.9. The molecule has 18 heavy (non-hydrogen) atoms. The second-order valence-electron chi connectivity index (χ2n) is 5.48. The largest absolute Gasteiger partial charge is 0.312 e. The highest BCUT2D eigenvalue weighted by molar-refractivity contribution is 5.84. The van der Waals surface area contributed by atoms with Crippen molar-refractivity contribution in [3.8, 4) is 0 Å². The highest BCUT2D eigenvalue weighted by Gasteiger charge is 2.39. The maximum absolute atomic E-state index is 4.32. The van der Waals surface area contributed by atoms with Crippen molar-refractivity contribution in [1.29, 1.82) is 0 Å². The van der Waals surface area contributed by atoms with Gasteiger partial charge in [0.2, 0.25) is 0 Å². The van der Waals surface area contributed by atoms with Crippen LogP contribution in [0, 0.1) is 5.41 Å². The van der Waals surface area contributed by atoms with Crippen LogP contribution in [-0.4, -0.2) is 11.5 Å². The van der Waals surface area contributed by atoms with E-state index >= 15 is 0 Å². The molecule has 1 aromatic heterocycles. The average molecular weight is 240 g/mol. The van der Waals surface area contributed by atoms with E-state index in [1.54, 1.807) is 0 Å². The first-order valence-corrected chi connectivity index (χ1v) is 6.85. The van der Waals surface area contributed by atoms with Gasteiger partial charge in [0.05, 0.1) is 0 Å². The molecule has 0 radical (unpaired) electrons. The molecule has 0 bridgehead atoms. The zero-order valence-electron chi connectivity index (χ0n) is 10.9. The van der Waals surface area contributed by atoms with Gasteiger partial charge in [-0.1, -0.05) is 31.2 Å². The fourth-order valence-corrected chi connectivity index (χ4v) is 2.61. The fourth-order valence-electron chi connectivity index (χ4n) is 2.61. The quantitative estimate of drug-likeness (QED) is 0.865. The molecule has 1 saturated carbocycles. The molecule has 0 saturated heterocycles. The first-order chi connectivity index (χ1) is 8.83. The summed E-state index contributed by atoms with van der Waals surface area (Å²) in [5.74, 6) is 0. The molecular formula is C16H20N2. The van der Waals surface area contributed by atoms with Gasteiger partial charge in [0, 0.05) is 30.9 Å². The minimum absolute atomic E-state index is 0.609. The molecule has 0 spiro atoms. The Bertz CT molecular complexity index is 538. The third kappa shape index (κ3) is 2.25. The number of benzene rings is 1. The smallest absolute Gasteiger partial charge is 0.0346 e. The maximum atomic E-state index is 4.32. The van der Waals surface area contributed by atoms with Gasteiger partial charge in [-0.05, 0) is 35.6 Å². The Labute approximate surface area is 108 Å². The van der Waals surface area contributed by atoms with Gasteiger partial charge in [-0.15, -0.1) is 0 Å². The van der Waals surface area contributed by atoms with Crippen molar-refractivity contribution in [3.63, 3.8) is 0 Å². The fraction of sp³-hybridized carbons (Fsp3) is 0.438. The Morgan fingerprint density at radius 1 is 1.22 bits per heavy atom. The van der Waals surface area contributed by atoms with Crippen molar-refractivity contribution < 1.29 is 0 Å². The van der Waals surface area contributed by atoms with Gasteiger partial charge in [-0.2, -0.15) is 0 Å². The number of hydrogen-bond donors (Lipinski definition) is 1. The van der Waals surface area contributed by atoms with E-state index in [2.05, 4.69) is 41.5 Å². The van der Waals surface area contributed by atoms with Crippen molar-refractivity contribution in [2.45, 2.75) is 32.7 Å². The monoisotopic (exact) mass is 240 g/mol. The van der Waals surface area contributed by atoms with Crippen LogP contribution < -0.4 is 5.32 Å². The average Bonchev–Trinajstić information content (AvgIpc) is 3.20. The van der Waals surface area contributed by atoms with Gasteiger partial charge < -0.3 is 5.32 Å². The Balaban J connectivity index is 1.71. The summed E-state index contributed by atoms with van der Waals surface area (Å²) >= 11 is 0. The van der Waals surface area contributed by atoms with Crippen LogP contribution in [0.5, 0.6) is 0 Å². The summed E-state index contributed by atoms with van der Waals surface area (Å²) in [6.07, 6.45) is 8.01. The number of nitrogens with one attached hydrogen (secondary N) is 1. The Hall–Kier alpha value is -1.41. The third-order valence-electron chi connectivity index (χ3n) is 4.27. The van der Waals surface area contributed by atoms with Crippen molar-refractivity contribution in [1.82, 2.24) is 10.3 Å². The number of hydrogen-bond acceptors (Lipinski definition) is 2. The molecule has 2 heteroatoms. The lowest BCUT2D eigenvalue weighted by atomic mass is 10.0. The lowest BCUT2D eigenvalue weighted by Crippen LogP contribution is -2.23. The summed E-state index contributed by atoms with van der Waals surface area (Å²) in [6.45, 7) is 4.37. The van der Waals surface area contributed by atoms with Gasteiger partial charge in [-0.3, -0.25) is 4.98 Å². The molecule has 2 nitrogen and oxygen atoms in total. The summed E-state index contributed by atoms with van der Waals surface area (Å²) in [6, 6.07) is 8.47. The predicted molar refractivity (Wildman–Crippen MR) is 75.4 cm³/mol. The minimum atomic E-state index is 0.609. The van der Waals surface area contributed by atoms with Crippen LogP contribution in [0.15, 0.2) is 36.7 Å². The standard InChI is InChI=1S/C16H20N2/c1-2-16(7-8-16)12-18-11-14-10-17-9-13-5-3-4-6-15(13)14/h3-6,9-10,18H,2,7-8,11-12H2,1H3. The van der Waals surface area contributed by atoms with Crippen LogP contribution >= 0.6 is 0 Å². The molecule has 1 aliphatic carbocycles. The number of rotatable bonds is 5. The van der Waals surface area contributed by atoms with Gasteiger partial charge in [0.15, 0.2) is 0 Å². The Morgan fingerprint density at radius 3 is 2.83 bits per heavy atom. The zero-order chi connectivity index (χ0) is 12.4. The van der Waals surface area contributed by atoms with Gasteiger partial charge in [0.1, 0.15) is 0 Å². The van der Waals surface area contributed by atoms with E-state index in [1.807, 2.05) is 12.4 Å². The second kappa shape index (κ2) is 4.69. The van der Waals surface area contributed by atoms with E-state index in [0.29, 0.717) is 5.41 Å². The van der Waals surface area contributed by atoms with Crippen LogP contribution in [0.4, 0.5) is 0 Å². The molecule has 0 aliphatic heterocycles. The third-order valence-corrected chi connectivity index (χ3v) is 4.27. The molecule has 1 aromatic carbocycles.